The lowest BCUT2D eigenvalue weighted by Crippen LogP contribution is -2.16. The third-order valence-corrected chi connectivity index (χ3v) is 3.35. The smallest absolute Gasteiger partial charge is 0.141 e. The van der Waals surface area contributed by atoms with Crippen molar-refractivity contribution in [3.8, 4) is 11.3 Å². The van der Waals surface area contributed by atoms with Gasteiger partial charge in [-0.05, 0) is 25.5 Å². The number of nitrogens with zero attached hydrogens (tertiary/aromatic N) is 1. The van der Waals surface area contributed by atoms with Gasteiger partial charge in [-0.1, -0.05) is 29.4 Å². The van der Waals surface area contributed by atoms with Gasteiger partial charge in [0.25, 0.3) is 0 Å². The SMILES string of the molecule is Cc1ccccc1-c1noc2c1CCNCC2. The summed E-state index contributed by atoms with van der Waals surface area (Å²) in [5, 5.41) is 7.65. The monoisotopic (exact) mass is 228 g/mol. The molecule has 1 aromatic heterocycles. The van der Waals surface area contributed by atoms with Crippen molar-refractivity contribution in [2.45, 2.75) is 19.8 Å². The van der Waals surface area contributed by atoms with Crippen LogP contribution < -0.4 is 5.32 Å². The maximum absolute atomic E-state index is 5.49. The summed E-state index contributed by atoms with van der Waals surface area (Å²) in [4.78, 5) is 0. The van der Waals surface area contributed by atoms with E-state index >= 15 is 0 Å². The first-order chi connectivity index (χ1) is 8.36. The minimum Gasteiger partial charge on any atom is -0.360 e. The van der Waals surface area contributed by atoms with Crippen LogP contribution in [0.15, 0.2) is 28.8 Å². The Kier molecular flexibility index (Phi) is 2.69. The molecule has 0 amide bonds. The fourth-order valence-corrected chi connectivity index (χ4v) is 2.39. The molecule has 1 N–H and O–H groups in total. The molecule has 88 valence electrons. The number of benzene rings is 1. The standard InChI is InChI=1S/C14H16N2O/c1-10-4-2-3-5-11(10)14-12-6-8-15-9-7-13(12)17-16-14/h2-5,15H,6-9H2,1H3. The van der Waals surface area contributed by atoms with Crippen molar-refractivity contribution >= 4 is 0 Å². The van der Waals surface area contributed by atoms with E-state index in [1.54, 1.807) is 0 Å². The van der Waals surface area contributed by atoms with Gasteiger partial charge in [-0.25, -0.2) is 0 Å². The van der Waals surface area contributed by atoms with Gasteiger partial charge >= 0.3 is 0 Å². The average molecular weight is 228 g/mol. The van der Waals surface area contributed by atoms with Crippen molar-refractivity contribution in [3.63, 3.8) is 0 Å². The number of aryl methyl sites for hydroxylation is 1. The van der Waals surface area contributed by atoms with Crippen molar-refractivity contribution < 1.29 is 4.52 Å². The van der Waals surface area contributed by atoms with Crippen molar-refractivity contribution in [2.75, 3.05) is 13.1 Å². The summed E-state index contributed by atoms with van der Waals surface area (Å²) in [6.45, 7) is 4.11. The van der Waals surface area contributed by atoms with E-state index in [1.165, 1.54) is 16.7 Å². The molecular weight excluding hydrogens is 212 g/mol. The summed E-state index contributed by atoms with van der Waals surface area (Å²) in [6, 6.07) is 8.34. The van der Waals surface area contributed by atoms with Gasteiger partial charge in [-0.3, -0.25) is 0 Å². The third kappa shape index (κ3) is 1.87. The summed E-state index contributed by atoms with van der Waals surface area (Å²) in [5.41, 5.74) is 4.76. The summed E-state index contributed by atoms with van der Waals surface area (Å²) in [5.74, 6) is 1.05. The molecule has 0 saturated heterocycles. The summed E-state index contributed by atoms with van der Waals surface area (Å²) < 4.78 is 5.49. The molecule has 0 atom stereocenters. The Balaban J connectivity index is 2.10. The fraction of sp³-hybridized carbons (Fsp3) is 0.357. The molecule has 1 aromatic carbocycles. The molecule has 1 aliphatic heterocycles. The van der Waals surface area contributed by atoms with Gasteiger partial charge in [0, 0.05) is 24.1 Å². The molecule has 3 nitrogen and oxygen atoms in total. The predicted octanol–water partition coefficient (Wildman–Crippen LogP) is 2.34. The second-order valence-corrected chi connectivity index (χ2v) is 4.50. The zero-order chi connectivity index (χ0) is 11.7. The van der Waals surface area contributed by atoms with Crippen LogP contribution in [0.3, 0.4) is 0 Å². The van der Waals surface area contributed by atoms with E-state index in [1.807, 2.05) is 0 Å². The molecule has 0 bridgehead atoms. The van der Waals surface area contributed by atoms with Crippen LogP contribution in [-0.4, -0.2) is 18.2 Å². The van der Waals surface area contributed by atoms with Crippen LogP contribution >= 0.6 is 0 Å². The highest BCUT2D eigenvalue weighted by atomic mass is 16.5. The first kappa shape index (κ1) is 10.5. The molecule has 0 spiro atoms. The van der Waals surface area contributed by atoms with Crippen LogP contribution in [0.5, 0.6) is 0 Å². The maximum Gasteiger partial charge on any atom is 0.141 e. The van der Waals surface area contributed by atoms with E-state index in [0.29, 0.717) is 0 Å². The molecule has 0 saturated carbocycles. The van der Waals surface area contributed by atoms with Gasteiger partial charge in [0.2, 0.25) is 0 Å². The highest BCUT2D eigenvalue weighted by Crippen LogP contribution is 2.29. The molecule has 3 heteroatoms. The van der Waals surface area contributed by atoms with Crippen molar-refractivity contribution in [2.24, 2.45) is 0 Å². The number of aromatic nitrogens is 1. The molecule has 1 aliphatic rings. The lowest BCUT2D eigenvalue weighted by molar-refractivity contribution is 0.384. The van der Waals surface area contributed by atoms with Crippen LogP contribution in [0.1, 0.15) is 16.9 Å². The highest BCUT2D eigenvalue weighted by molar-refractivity contribution is 5.67. The highest BCUT2D eigenvalue weighted by Gasteiger charge is 2.19. The third-order valence-electron chi connectivity index (χ3n) is 3.35. The molecule has 2 aromatic rings. The van der Waals surface area contributed by atoms with Gasteiger partial charge in [0.1, 0.15) is 11.5 Å². The van der Waals surface area contributed by atoms with E-state index < -0.39 is 0 Å². The zero-order valence-corrected chi connectivity index (χ0v) is 9.99. The molecular formula is C14H16N2O. The van der Waals surface area contributed by atoms with Gasteiger partial charge in [0.15, 0.2) is 0 Å². The van der Waals surface area contributed by atoms with Crippen LogP contribution in [0.25, 0.3) is 11.3 Å². The van der Waals surface area contributed by atoms with E-state index in [0.717, 1.165) is 37.4 Å². The van der Waals surface area contributed by atoms with Crippen molar-refractivity contribution in [3.05, 3.63) is 41.2 Å². The second kappa shape index (κ2) is 4.34. The topological polar surface area (TPSA) is 38.1 Å². The van der Waals surface area contributed by atoms with Crippen LogP contribution in [-0.2, 0) is 12.8 Å². The van der Waals surface area contributed by atoms with Gasteiger partial charge < -0.3 is 9.84 Å². The van der Waals surface area contributed by atoms with Crippen molar-refractivity contribution in [1.82, 2.24) is 10.5 Å². The summed E-state index contributed by atoms with van der Waals surface area (Å²) in [7, 11) is 0. The maximum atomic E-state index is 5.49. The average Bonchev–Trinajstić information content (AvgIpc) is 2.59. The van der Waals surface area contributed by atoms with E-state index in [4.69, 9.17) is 4.52 Å². The van der Waals surface area contributed by atoms with Gasteiger partial charge in [0.05, 0.1) is 0 Å². The minimum absolute atomic E-state index is 0.939. The summed E-state index contributed by atoms with van der Waals surface area (Å²) in [6.07, 6.45) is 1.94. The Labute approximate surface area is 101 Å². The van der Waals surface area contributed by atoms with E-state index in [2.05, 4.69) is 41.7 Å². The predicted molar refractivity (Wildman–Crippen MR) is 67.0 cm³/mol. The number of fused-ring (bicyclic) bond motifs is 1. The Bertz CT molecular complexity index is 531. The van der Waals surface area contributed by atoms with Crippen LogP contribution in [0.2, 0.25) is 0 Å². The number of nitrogens with one attached hydrogen (secondary N) is 1. The molecule has 17 heavy (non-hydrogen) atoms. The Hall–Kier alpha value is -1.61. The normalized spacial score (nSPS) is 15.4. The van der Waals surface area contributed by atoms with E-state index in [9.17, 15) is 0 Å². The van der Waals surface area contributed by atoms with Gasteiger partial charge in [-0.2, -0.15) is 0 Å². The molecule has 0 fully saturated rings. The van der Waals surface area contributed by atoms with Crippen molar-refractivity contribution in [1.29, 1.82) is 0 Å². The molecule has 0 unspecified atom stereocenters. The minimum atomic E-state index is 0.939. The number of hydrogen-bond acceptors (Lipinski definition) is 3. The Morgan fingerprint density at radius 2 is 2.00 bits per heavy atom. The molecule has 2 heterocycles. The van der Waals surface area contributed by atoms with E-state index in [-0.39, 0.29) is 0 Å². The fourth-order valence-electron chi connectivity index (χ4n) is 2.39. The first-order valence-corrected chi connectivity index (χ1v) is 6.10. The zero-order valence-electron chi connectivity index (χ0n) is 9.99. The lowest BCUT2D eigenvalue weighted by Gasteiger charge is -2.04. The second-order valence-electron chi connectivity index (χ2n) is 4.50. The quantitative estimate of drug-likeness (QED) is 0.814. The lowest BCUT2D eigenvalue weighted by atomic mass is 9.99. The van der Waals surface area contributed by atoms with Crippen LogP contribution in [0, 0.1) is 6.92 Å². The molecule has 0 radical (unpaired) electrons. The molecule has 0 aliphatic carbocycles. The summed E-state index contributed by atoms with van der Waals surface area (Å²) >= 11 is 0. The van der Waals surface area contributed by atoms with Crippen LogP contribution in [0.4, 0.5) is 0 Å². The first-order valence-electron chi connectivity index (χ1n) is 6.10. The molecule has 3 rings (SSSR count). The Morgan fingerprint density at radius 3 is 2.88 bits per heavy atom. The number of rotatable bonds is 1. The van der Waals surface area contributed by atoms with Gasteiger partial charge in [-0.15, -0.1) is 0 Å². The largest absolute Gasteiger partial charge is 0.360 e. The number of hydrogen-bond donors (Lipinski definition) is 1. The Morgan fingerprint density at radius 1 is 1.18 bits per heavy atom.